The molecule has 21 heavy (non-hydrogen) atoms. The third-order valence-electron chi connectivity index (χ3n) is 3.47. The predicted octanol–water partition coefficient (Wildman–Crippen LogP) is 1.83. The first-order valence-corrected chi connectivity index (χ1v) is 7.19. The van der Waals surface area contributed by atoms with Gasteiger partial charge < -0.3 is 11.1 Å². The van der Waals surface area contributed by atoms with E-state index in [0.29, 0.717) is 13.0 Å². The van der Waals surface area contributed by atoms with E-state index in [1.165, 1.54) is 5.56 Å². The van der Waals surface area contributed by atoms with Crippen LogP contribution >= 0.6 is 0 Å². The van der Waals surface area contributed by atoms with Crippen LogP contribution in [0.2, 0.25) is 0 Å². The van der Waals surface area contributed by atoms with E-state index in [1.807, 2.05) is 30.3 Å². The molecule has 0 fully saturated rings. The minimum atomic E-state index is -0.553. The first-order valence-electron chi connectivity index (χ1n) is 7.19. The molecule has 1 heterocycles. The third-order valence-corrected chi connectivity index (χ3v) is 3.47. The zero-order valence-corrected chi connectivity index (χ0v) is 12.3. The Kier molecular flexibility index (Phi) is 5.46. The van der Waals surface area contributed by atoms with E-state index in [-0.39, 0.29) is 5.91 Å². The number of hydrogen-bond acceptors (Lipinski definition) is 3. The third kappa shape index (κ3) is 4.39. The lowest BCUT2D eigenvalue weighted by atomic mass is 10.0. The van der Waals surface area contributed by atoms with E-state index in [1.54, 1.807) is 12.4 Å². The highest BCUT2D eigenvalue weighted by atomic mass is 16.2. The topological polar surface area (TPSA) is 68.0 Å². The summed E-state index contributed by atoms with van der Waals surface area (Å²) in [7, 11) is 0. The Balaban J connectivity index is 1.89. The molecule has 1 atom stereocenters. The van der Waals surface area contributed by atoms with E-state index < -0.39 is 6.04 Å². The Morgan fingerprint density at radius 1 is 1.24 bits per heavy atom. The number of amides is 1. The van der Waals surface area contributed by atoms with Crippen LogP contribution in [-0.2, 0) is 24.2 Å². The number of carbonyl (C=O) groups is 1. The van der Waals surface area contributed by atoms with Crippen LogP contribution in [0.15, 0.2) is 48.8 Å². The fraction of sp³-hybridized carbons (Fsp3) is 0.294. The highest BCUT2D eigenvalue weighted by molar-refractivity contribution is 5.81. The zero-order valence-electron chi connectivity index (χ0n) is 12.3. The lowest BCUT2D eigenvalue weighted by Gasteiger charge is -2.13. The molecule has 2 rings (SSSR count). The highest BCUT2D eigenvalue weighted by Crippen LogP contribution is 2.09. The lowest BCUT2D eigenvalue weighted by Crippen LogP contribution is -2.41. The molecule has 0 radical (unpaired) electrons. The smallest absolute Gasteiger partial charge is 0.237 e. The molecule has 4 heteroatoms. The second-order valence-electron chi connectivity index (χ2n) is 5.01. The van der Waals surface area contributed by atoms with Crippen LogP contribution in [0.3, 0.4) is 0 Å². The van der Waals surface area contributed by atoms with Gasteiger partial charge in [-0.2, -0.15) is 0 Å². The molecule has 0 aliphatic carbocycles. The van der Waals surface area contributed by atoms with Crippen molar-refractivity contribution in [1.82, 2.24) is 10.3 Å². The zero-order chi connectivity index (χ0) is 15.1. The minimum absolute atomic E-state index is 0.134. The van der Waals surface area contributed by atoms with Crippen molar-refractivity contribution in [3.8, 4) is 0 Å². The van der Waals surface area contributed by atoms with Crippen LogP contribution in [0.1, 0.15) is 23.6 Å². The second-order valence-corrected chi connectivity index (χ2v) is 5.01. The molecule has 0 spiro atoms. The van der Waals surface area contributed by atoms with E-state index in [4.69, 9.17) is 5.73 Å². The average molecular weight is 283 g/mol. The number of benzene rings is 1. The molecule has 0 aliphatic rings. The fourth-order valence-corrected chi connectivity index (χ4v) is 2.25. The van der Waals surface area contributed by atoms with E-state index in [2.05, 4.69) is 23.3 Å². The summed E-state index contributed by atoms with van der Waals surface area (Å²) in [4.78, 5) is 16.1. The lowest BCUT2D eigenvalue weighted by molar-refractivity contribution is -0.122. The van der Waals surface area contributed by atoms with Gasteiger partial charge in [0.2, 0.25) is 5.91 Å². The van der Waals surface area contributed by atoms with Crippen LogP contribution in [-0.4, -0.2) is 16.9 Å². The summed E-state index contributed by atoms with van der Waals surface area (Å²) in [6.07, 6.45) is 4.89. The summed E-state index contributed by atoms with van der Waals surface area (Å²) >= 11 is 0. The molecule has 0 bridgehead atoms. The fourth-order valence-electron chi connectivity index (χ4n) is 2.25. The van der Waals surface area contributed by atoms with Gasteiger partial charge in [-0.1, -0.05) is 37.3 Å². The number of aromatic nitrogens is 1. The van der Waals surface area contributed by atoms with Gasteiger partial charge >= 0.3 is 0 Å². The second kappa shape index (κ2) is 7.55. The SMILES string of the molecule is CCc1ccccc1CNC(=O)[C@@H](N)Cc1cccnc1. The Hall–Kier alpha value is -2.20. The number of nitrogens with one attached hydrogen (secondary N) is 1. The van der Waals surface area contributed by atoms with E-state index in [9.17, 15) is 4.79 Å². The van der Waals surface area contributed by atoms with E-state index >= 15 is 0 Å². The van der Waals surface area contributed by atoms with E-state index in [0.717, 1.165) is 17.5 Å². The number of nitrogens with zero attached hydrogens (tertiary/aromatic N) is 1. The van der Waals surface area contributed by atoms with Crippen LogP contribution < -0.4 is 11.1 Å². The molecule has 1 aromatic heterocycles. The molecule has 3 N–H and O–H groups in total. The first-order chi connectivity index (χ1) is 10.2. The predicted molar refractivity (Wildman–Crippen MR) is 83.6 cm³/mol. The van der Waals surface area contributed by atoms with Crippen molar-refractivity contribution in [3.05, 3.63) is 65.5 Å². The summed E-state index contributed by atoms with van der Waals surface area (Å²) in [5, 5.41) is 2.91. The monoisotopic (exact) mass is 283 g/mol. The van der Waals surface area contributed by atoms with Crippen LogP contribution in [0.25, 0.3) is 0 Å². The summed E-state index contributed by atoms with van der Waals surface area (Å²) in [5.41, 5.74) is 9.30. The first kappa shape index (κ1) is 15.2. The van der Waals surface area contributed by atoms with Crippen LogP contribution in [0.5, 0.6) is 0 Å². The number of hydrogen-bond donors (Lipinski definition) is 2. The standard InChI is InChI=1S/C17H21N3O/c1-2-14-7-3-4-8-15(14)12-20-17(21)16(18)10-13-6-5-9-19-11-13/h3-9,11,16H,2,10,12,18H2,1H3,(H,20,21)/t16-/m0/s1. The summed E-state index contributed by atoms with van der Waals surface area (Å²) in [6.45, 7) is 2.62. The van der Waals surface area contributed by atoms with Gasteiger partial charge in [-0.3, -0.25) is 9.78 Å². The van der Waals surface area contributed by atoms with Gasteiger partial charge in [0.15, 0.2) is 0 Å². The number of aryl methyl sites for hydroxylation is 1. The number of carbonyl (C=O) groups excluding carboxylic acids is 1. The molecule has 1 amide bonds. The molecule has 2 aromatic rings. The molecule has 1 aromatic carbocycles. The summed E-state index contributed by atoms with van der Waals surface area (Å²) in [5.74, 6) is -0.134. The van der Waals surface area contributed by atoms with Gasteiger partial charge in [0, 0.05) is 18.9 Å². The van der Waals surface area contributed by atoms with Gasteiger partial charge in [-0.05, 0) is 35.6 Å². The Labute approximate surface area is 125 Å². The summed E-state index contributed by atoms with van der Waals surface area (Å²) in [6, 6.07) is 11.3. The molecule has 0 unspecified atom stereocenters. The largest absolute Gasteiger partial charge is 0.351 e. The molecule has 0 saturated heterocycles. The van der Waals surface area contributed by atoms with Crippen molar-refractivity contribution < 1.29 is 4.79 Å². The molecule has 110 valence electrons. The van der Waals surface area contributed by atoms with Crippen molar-refractivity contribution >= 4 is 5.91 Å². The van der Waals surface area contributed by atoms with Crippen molar-refractivity contribution in [2.45, 2.75) is 32.4 Å². The molecular weight excluding hydrogens is 262 g/mol. The number of rotatable bonds is 6. The Morgan fingerprint density at radius 2 is 2.00 bits per heavy atom. The highest BCUT2D eigenvalue weighted by Gasteiger charge is 2.14. The minimum Gasteiger partial charge on any atom is -0.351 e. The summed E-state index contributed by atoms with van der Waals surface area (Å²) < 4.78 is 0. The maximum atomic E-state index is 12.1. The maximum absolute atomic E-state index is 12.1. The van der Waals surface area contributed by atoms with Gasteiger partial charge in [-0.25, -0.2) is 0 Å². The molecule has 0 aliphatic heterocycles. The quantitative estimate of drug-likeness (QED) is 0.850. The van der Waals surface area contributed by atoms with Crippen molar-refractivity contribution in [3.63, 3.8) is 0 Å². The maximum Gasteiger partial charge on any atom is 0.237 e. The normalized spacial score (nSPS) is 11.9. The number of nitrogens with two attached hydrogens (primary N) is 1. The van der Waals surface area contributed by atoms with Gasteiger partial charge in [0.25, 0.3) is 0 Å². The van der Waals surface area contributed by atoms with Gasteiger partial charge in [0.1, 0.15) is 0 Å². The molecular formula is C17H21N3O. The Morgan fingerprint density at radius 3 is 2.67 bits per heavy atom. The average Bonchev–Trinajstić information content (AvgIpc) is 2.53. The molecule has 4 nitrogen and oxygen atoms in total. The van der Waals surface area contributed by atoms with Crippen molar-refractivity contribution in [2.75, 3.05) is 0 Å². The van der Waals surface area contributed by atoms with Crippen molar-refractivity contribution in [2.24, 2.45) is 5.73 Å². The van der Waals surface area contributed by atoms with Crippen LogP contribution in [0, 0.1) is 0 Å². The molecule has 0 saturated carbocycles. The van der Waals surface area contributed by atoms with Crippen LogP contribution in [0.4, 0.5) is 0 Å². The number of pyridine rings is 1. The van der Waals surface area contributed by atoms with Gasteiger partial charge in [0.05, 0.1) is 6.04 Å². The Bertz CT molecular complexity index is 584. The van der Waals surface area contributed by atoms with Crippen molar-refractivity contribution in [1.29, 1.82) is 0 Å². The van der Waals surface area contributed by atoms with Gasteiger partial charge in [-0.15, -0.1) is 0 Å².